The van der Waals surface area contributed by atoms with Crippen molar-refractivity contribution in [2.45, 2.75) is 25.8 Å². The minimum Gasteiger partial charge on any atom is -0.182 e. The summed E-state index contributed by atoms with van der Waals surface area (Å²) < 4.78 is 0. The molecule has 2 heteroatoms. The minimum atomic E-state index is 0. The van der Waals surface area contributed by atoms with Gasteiger partial charge in [-0.1, -0.05) is 121 Å². The molecule has 0 aliphatic heterocycles. The Hall–Kier alpha value is -3.05. The topological polar surface area (TPSA) is 0 Å². The average molecular weight is 500 g/mol. The van der Waals surface area contributed by atoms with Crippen LogP contribution in [0.3, 0.4) is 0 Å². The van der Waals surface area contributed by atoms with E-state index in [0.717, 1.165) is 28.0 Å². The molecule has 0 heterocycles. The number of rotatable bonds is 3. The molecule has 7 rings (SSSR count). The second-order valence-corrected chi connectivity index (χ2v) is 10.6. The van der Waals surface area contributed by atoms with Gasteiger partial charge in [0.05, 0.1) is 0 Å². The van der Waals surface area contributed by atoms with Crippen LogP contribution < -0.4 is 0 Å². The van der Waals surface area contributed by atoms with Gasteiger partial charge in [-0.3, -0.25) is 0 Å². The van der Waals surface area contributed by atoms with Gasteiger partial charge in [0.15, 0.2) is 0 Å². The van der Waals surface area contributed by atoms with Crippen molar-refractivity contribution in [2.75, 3.05) is 0 Å². The molecule has 0 fully saturated rings. The molecule has 0 unspecified atom stereocenters. The van der Waals surface area contributed by atoms with Gasteiger partial charge < -0.3 is 0 Å². The van der Waals surface area contributed by atoms with Crippen molar-refractivity contribution in [1.82, 2.24) is 0 Å². The molecule has 37 heavy (non-hydrogen) atoms. The molecule has 0 saturated carbocycles. The fourth-order valence-corrected chi connectivity index (χ4v) is 6.15. The van der Waals surface area contributed by atoms with Gasteiger partial charge in [-0.25, -0.2) is 0 Å². The van der Waals surface area contributed by atoms with Crippen molar-refractivity contribution in [3.63, 3.8) is 0 Å². The molecule has 0 amide bonds. The molecule has 0 atom stereocenters. The van der Waals surface area contributed by atoms with Gasteiger partial charge in [-0.15, -0.1) is 63.2 Å². The molecule has 0 nitrogen and oxygen atoms in total. The van der Waals surface area contributed by atoms with Gasteiger partial charge in [-0.05, 0) is 20.7 Å². The molecule has 0 spiro atoms. The molecule has 5 aromatic carbocycles. The van der Waals surface area contributed by atoms with Crippen LogP contribution in [0, 0.1) is 12.2 Å². The van der Waals surface area contributed by atoms with Crippen LogP contribution in [-0.4, -0.2) is 37.9 Å². The number of hydrogen-bond donors (Lipinski definition) is 0. The Morgan fingerprint density at radius 1 is 0.649 bits per heavy atom. The summed E-state index contributed by atoms with van der Waals surface area (Å²) in [7, 11) is 0.824. The van der Waals surface area contributed by atoms with E-state index in [1.54, 1.807) is 0 Å². The summed E-state index contributed by atoms with van der Waals surface area (Å²) in [4.78, 5) is 0. The Balaban J connectivity index is 0.000000161. The Kier molecular flexibility index (Phi) is 8.00. The van der Waals surface area contributed by atoms with Crippen molar-refractivity contribution < 1.29 is 0 Å². The number of allylic oxidation sites excluding steroid dienone is 2. The fraction of sp³-hybridized carbons (Fsp3) is 0.114. The van der Waals surface area contributed by atoms with E-state index >= 15 is 0 Å². The molecule has 0 saturated heterocycles. The zero-order valence-electron chi connectivity index (χ0n) is 21.2. The molecule has 0 bridgehead atoms. The maximum absolute atomic E-state index is 3.63. The van der Waals surface area contributed by atoms with Crippen LogP contribution in [0.15, 0.2) is 114 Å². The third kappa shape index (κ3) is 5.62. The predicted molar refractivity (Wildman–Crippen MR) is 160 cm³/mol. The van der Waals surface area contributed by atoms with Gasteiger partial charge in [0.1, 0.15) is 0 Å². The first kappa shape index (κ1) is 25.6. The summed E-state index contributed by atoms with van der Waals surface area (Å²) >= 11 is 0. The largest absolute Gasteiger partial charge is 2.00 e. The molecule has 2 aliphatic carbocycles. The minimum absolute atomic E-state index is 0. The Morgan fingerprint density at radius 3 is 1.89 bits per heavy atom. The predicted octanol–water partition coefficient (Wildman–Crippen LogP) is 7.29. The second-order valence-electron chi connectivity index (χ2n) is 9.56. The first-order valence-corrected chi connectivity index (χ1v) is 13.9. The van der Waals surface area contributed by atoms with Gasteiger partial charge in [-0.2, -0.15) is 11.6 Å². The molecule has 0 aromatic heterocycles. The van der Waals surface area contributed by atoms with Crippen molar-refractivity contribution in [2.24, 2.45) is 0 Å². The molecule has 1 radical (unpaired) electrons. The maximum Gasteiger partial charge on any atom is 2.00 e. The fourth-order valence-electron chi connectivity index (χ4n) is 5.15. The van der Waals surface area contributed by atoms with E-state index in [4.69, 9.17) is 0 Å². The summed E-state index contributed by atoms with van der Waals surface area (Å²) in [6, 6.07) is 37.9. The summed E-state index contributed by atoms with van der Waals surface area (Å²) in [5.41, 5.74) is 11.9. The first-order chi connectivity index (χ1) is 17.7. The van der Waals surface area contributed by atoms with Crippen LogP contribution in [0.25, 0.3) is 21.5 Å². The molecule has 2 aliphatic rings. The van der Waals surface area contributed by atoms with E-state index in [2.05, 4.69) is 128 Å². The first-order valence-electron chi connectivity index (χ1n) is 12.6. The van der Waals surface area contributed by atoms with Crippen LogP contribution in [0.4, 0.5) is 0 Å². The summed E-state index contributed by atoms with van der Waals surface area (Å²) in [5.74, 6) is 0. The van der Waals surface area contributed by atoms with E-state index in [0.29, 0.717) is 0 Å². The van der Waals surface area contributed by atoms with Gasteiger partial charge in [0, 0.05) is 0 Å². The zero-order valence-corrected chi connectivity index (χ0v) is 23.6. The van der Waals surface area contributed by atoms with Gasteiger partial charge in [0.25, 0.3) is 0 Å². The van der Waals surface area contributed by atoms with Crippen LogP contribution >= 0.6 is 0 Å². The van der Waals surface area contributed by atoms with Crippen LogP contribution in [0.2, 0.25) is 0 Å². The maximum atomic E-state index is 3.63. The van der Waals surface area contributed by atoms with Gasteiger partial charge in [0.2, 0.25) is 0 Å². The van der Waals surface area contributed by atoms with Crippen molar-refractivity contribution >= 4 is 59.4 Å². The van der Waals surface area contributed by atoms with Crippen LogP contribution in [0.1, 0.15) is 34.7 Å². The Bertz CT molecular complexity index is 1660. The van der Waals surface area contributed by atoms with E-state index in [-0.39, 0.29) is 23.1 Å². The summed E-state index contributed by atoms with van der Waals surface area (Å²) in [5, 5.41) is 5.28. The van der Waals surface area contributed by atoms with Crippen molar-refractivity contribution in [3.05, 3.63) is 154 Å². The average Bonchev–Trinajstić information content (AvgIpc) is 3.52. The smallest absolute Gasteiger partial charge is 0.182 e. The van der Waals surface area contributed by atoms with E-state index < -0.39 is 0 Å². The monoisotopic (exact) mass is 499 g/mol. The number of hydrogen-bond acceptors (Lipinski definition) is 0. The van der Waals surface area contributed by atoms with Crippen molar-refractivity contribution in [1.29, 1.82) is 0 Å². The number of fused-ring (bicyclic) bond motifs is 6. The third-order valence-electron chi connectivity index (χ3n) is 6.92. The second kappa shape index (κ2) is 11.6. The van der Waals surface area contributed by atoms with Crippen LogP contribution in [-0.2, 0) is 18.9 Å². The Labute approximate surface area is 238 Å². The normalized spacial score (nSPS) is 13.4. The SMILES string of the molecule is CC1=[C-]c2c(ccc3ccccc23)C1.[C-]1=C(C=[Si]Cc2ccccc2)Cc2ccc3ccccc3c21.[Mg+2]. The molecule has 5 aromatic rings. The molecular weight excluding hydrogens is 473 g/mol. The quantitative estimate of drug-likeness (QED) is 0.180. The Morgan fingerprint density at radius 2 is 1.22 bits per heavy atom. The van der Waals surface area contributed by atoms with Crippen LogP contribution in [0.5, 0.6) is 0 Å². The third-order valence-corrected chi connectivity index (χ3v) is 8.08. The van der Waals surface area contributed by atoms with Gasteiger partial charge >= 0.3 is 23.1 Å². The van der Waals surface area contributed by atoms with E-state index in [9.17, 15) is 0 Å². The number of benzene rings is 5. The van der Waals surface area contributed by atoms with Crippen molar-refractivity contribution in [3.8, 4) is 0 Å². The molecular formula is C35H27MgSi. The van der Waals surface area contributed by atoms with E-state index in [1.165, 1.54) is 60.5 Å². The van der Waals surface area contributed by atoms with E-state index in [1.807, 2.05) is 0 Å². The summed E-state index contributed by atoms with van der Waals surface area (Å²) in [6.45, 7) is 2.15. The molecule has 0 N–H and O–H groups in total. The standard InChI is InChI=1S/C21H16Si.C14H11.Mg/c1-2-6-16(7-3-1)14-22-15-17-12-19-11-10-18-8-4-5-9-20(18)21(19)13-17;1-10-8-12-7-6-11-4-2-3-5-13(11)14(12)9-10;/h1-11,15H,12,14H2;2-7H,8H2,1H3;/q2*-1;+2. The zero-order chi connectivity index (χ0) is 24.3. The summed E-state index contributed by atoms with van der Waals surface area (Å²) in [6.07, 6.45) is 9.19. The molecule has 173 valence electrons.